The number of hydrogen-bond donors (Lipinski definition) is 0. The van der Waals surface area contributed by atoms with E-state index < -0.39 is 0 Å². The van der Waals surface area contributed by atoms with Crippen molar-refractivity contribution in [2.45, 2.75) is 70.1 Å². The van der Waals surface area contributed by atoms with Crippen molar-refractivity contribution in [1.29, 1.82) is 0 Å². The summed E-state index contributed by atoms with van der Waals surface area (Å²) in [4.78, 5) is 34.6. The average molecular weight is 392 g/mol. The van der Waals surface area contributed by atoms with Crippen LogP contribution in [0.5, 0.6) is 0 Å². The maximum Gasteiger partial charge on any atom is 0.263 e. The van der Waals surface area contributed by atoms with Gasteiger partial charge in [0.2, 0.25) is 5.91 Å². The first-order chi connectivity index (χ1) is 12.6. The molecule has 0 aromatic carbocycles. The number of carbonyl (C=O) groups is 1. The van der Waals surface area contributed by atoms with Crippen molar-refractivity contribution in [2.75, 3.05) is 12.3 Å². The Hall–Kier alpha value is -1.34. The number of hydrogen-bond acceptors (Lipinski definition) is 5. The molecule has 3 heterocycles. The minimum absolute atomic E-state index is 0.0678. The smallest absolute Gasteiger partial charge is 0.263 e. The summed E-state index contributed by atoms with van der Waals surface area (Å²) in [5.41, 5.74) is 1.29. The number of nitrogens with zero attached hydrogens (tertiary/aromatic N) is 3. The van der Waals surface area contributed by atoms with Crippen LogP contribution in [-0.4, -0.2) is 38.7 Å². The standard InChI is InChI=1S/C19H25N3O2S2/c1-3-21-18(24)16-13-8-6-9-14(13)26-17(16)20-19(21)25-11-15(23)22-10-5-4-7-12(22)2/h12H,3-11H2,1-2H3. The van der Waals surface area contributed by atoms with Gasteiger partial charge < -0.3 is 4.90 Å². The molecule has 0 N–H and O–H groups in total. The van der Waals surface area contributed by atoms with Crippen molar-refractivity contribution in [1.82, 2.24) is 14.5 Å². The molecule has 26 heavy (non-hydrogen) atoms. The normalized spacial score (nSPS) is 19.9. The molecule has 1 unspecified atom stereocenters. The van der Waals surface area contributed by atoms with Gasteiger partial charge in [0.25, 0.3) is 5.56 Å². The van der Waals surface area contributed by atoms with E-state index in [2.05, 4.69) is 6.92 Å². The molecule has 0 spiro atoms. The molecule has 1 aliphatic heterocycles. The Morgan fingerprint density at radius 2 is 2.15 bits per heavy atom. The van der Waals surface area contributed by atoms with Gasteiger partial charge in [-0.05, 0) is 57.9 Å². The van der Waals surface area contributed by atoms with E-state index in [9.17, 15) is 9.59 Å². The van der Waals surface area contributed by atoms with Crippen molar-refractivity contribution < 1.29 is 4.79 Å². The lowest BCUT2D eigenvalue weighted by Crippen LogP contribution is -2.43. The summed E-state index contributed by atoms with van der Waals surface area (Å²) >= 11 is 3.08. The number of likely N-dealkylation sites (tertiary alicyclic amines) is 1. The van der Waals surface area contributed by atoms with Crippen molar-refractivity contribution in [3.05, 3.63) is 20.8 Å². The number of rotatable bonds is 4. The molecule has 140 valence electrons. The van der Waals surface area contributed by atoms with Crippen LogP contribution in [0.4, 0.5) is 0 Å². The van der Waals surface area contributed by atoms with Gasteiger partial charge in [-0.3, -0.25) is 14.2 Å². The Morgan fingerprint density at radius 1 is 1.31 bits per heavy atom. The molecular formula is C19H25N3O2S2. The van der Waals surface area contributed by atoms with E-state index in [1.807, 2.05) is 11.8 Å². The van der Waals surface area contributed by atoms with Gasteiger partial charge in [0.15, 0.2) is 5.16 Å². The molecule has 1 aliphatic carbocycles. The SMILES string of the molecule is CCn1c(SCC(=O)N2CCCCC2C)nc2sc3c(c2c1=O)CCC3. The van der Waals surface area contributed by atoms with Crippen LogP contribution in [0.3, 0.4) is 0 Å². The van der Waals surface area contributed by atoms with E-state index >= 15 is 0 Å². The highest BCUT2D eigenvalue weighted by molar-refractivity contribution is 7.99. The molecule has 7 heteroatoms. The molecular weight excluding hydrogens is 366 g/mol. The molecule has 0 bridgehead atoms. The molecule has 1 fully saturated rings. The summed E-state index contributed by atoms with van der Waals surface area (Å²) in [7, 11) is 0. The molecule has 0 saturated carbocycles. The van der Waals surface area contributed by atoms with Crippen LogP contribution in [0, 0.1) is 0 Å². The fourth-order valence-electron chi connectivity index (χ4n) is 4.13. The highest BCUT2D eigenvalue weighted by Gasteiger charge is 2.25. The highest BCUT2D eigenvalue weighted by atomic mass is 32.2. The maximum absolute atomic E-state index is 13.0. The fraction of sp³-hybridized carbons (Fsp3) is 0.632. The largest absolute Gasteiger partial charge is 0.339 e. The number of thioether (sulfide) groups is 1. The zero-order valence-electron chi connectivity index (χ0n) is 15.4. The van der Waals surface area contributed by atoms with Crippen molar-refractivity contribution in [3.8, 4) is 0 Å². The zero-order valence-corrected chi connectivity index (χ0v) is 17.0. The van der Waals surface area contributed by atoms with Gasteiger partial charge in [-0.2, -0.15) is 0 Å². The second-order valence-electron chi connectivity index (χ2n) is 7.20. The lowest BCUT2D eigenvalue weighted by molar-refractivity contribution is -0.131. The first kappa shape index (κ1) is 18.0. The van der Waals surface area contributed by atoms with Crippen molar-refractivity contribution >= 4 is 39.2 Å². The molecule has 2 aromatic heterocycles. The molecule has 1 amide bonds. The van der Waals surface area contributed by atoms with E-state index in [0.717, 1.165) is 48.9 Å². The quantitative estimate of drug-likeness (QED) is 0.592. The third-order valence-corrected chi connectivity index (χ3v) is 7.70. The molecule has 0 radical (unpaired) electrons. The molecule has 4 rings (SSSR count). The molecule has 1 saturated heterocycles. The van der Waals surface area contributed by atoms with E-state index in [0.29, 0.717) is 23.5 Å². The van der Waals surface area contributed by atoms with Crippen LogP contribution in [-0.2, 0) is 24.2 Å². The predicted octanol–water partition coefficient (Wildman–Crippen LogP) is 3.46. The number of fused-ring (bicyclic) bond motifs is 3. The summed E-state index contributed by atoms with van der Waals surface area (Å²) in [6, 6.07) is 0.320. The van der Waals surface area contributed by atoms with Gasteiger partial charge in [-0.25, -0.2) is 4.98 Å². The Morgan fingerprint density at radius 3 is 2.92 bits per heavy atom. The van der Waals surface area contributed by atoms with Crippen LogP contribution in [0.2, 0.25) is 0 Å². The molecule has 2 aliphatic rings. The van der Waals surface area contributed by atoms with Gasteiger partial charge in [0.05, 0.1) is 11.1 Å². The van der Waals surface area contributed by atoms with E-state index in [-0.39, 0.29) is 11.5 Å². The van der Waals surface area contributed by atoms with E-state index in [4.69, 9.17) is 4.98 Å². The lowest BCUT2D eigenvalue weighted by atomic mass is 10.0. The van der Waals surface area contributed by atoms with Gasteiger partial charge in [-0.1, -0.05) is 11.8 Å². The Balaban J connectivity index is 1.60. The number of piperidine rings is 1. The van der Waals surface area contributed by atoms with Gasteiger partial charge in [0, 0.05) is 24.0 Å². The van der Waals surface area contributed by atoms with Crippen LogP contribution in [0.15, 0.2) is 9.95 Å². The number of amides is 1. The first-order valence-corrected chi connectivity index (χ1v) is 11.4. The van der Waals surface area contributed by atoms with Crippen molar-refractivity contribution in [3.63, 3.8) is 0 Å². The maximum atomic E-state index is 13.0. The Labute approximate surface area is 161 Å². The zero-order chi connectivity index (χ0) is 18.3. The first-order valence-electron chi connectivity index (χ1n) is 9.57. The monoisotopic (exact) mass is 391 g/mol. The van der Waals surface area contributed by atoms with E-state index in [1.54, 1.807) is 15.9 Å². The summed E-state index contributed by atoms with van der Waals surface area (Å²) < 4.78 is 1.74. The molecule has 2 aromatic rings. The van der Waals surface area contributed by atoms with Crippen LogP contribution in [0.25, 0.3) is 10.2 Å². The topological polar surface area (TPSA) is 55.2 Å². The Bertz CT molecular complexity index is 902. The molecule has 5 nitrogen and oxygen atoms in total. The number of aromatic nitrogens is 2. The second-order valence-corrected chi connectivity index (χ2v) is 9.23. The summed E-state index contributed by atoms with van der Waals surface area (Å²) in [5, 5.41) is 1.51. The molecule has 1 atom stereocenters. The minimum Gasteiger partial charge on any atom is -0.339 e. The van der Waals surface area contributed by atoms with Gasteiger partial charge in [0.1, 0.15) is 4.83 Å². The van der Waals surface area contributed by atoms with Gasteiger partial charge >= 0.3 is 0 Å². The minimum atomic E-state index is 0.0678. The van der Waals surface area contributed by atoms with Crippen LogP contribution < -0.4 is 5.56 Å². The predicted molar refractivity (Wildman–Crippen MR) is 107 cm³/mol. The number of aryl methyl sites for hydroxylation is 2. The number of carbonyl (C=O) groups excluding carboxylic acids is 1. The number of thiophene rings is 1. The third-order valence-electron chi connectivity index (χ3n) is 5.55. The average Bonchev–Trinajstić information content (AvgIpc) is 3.20. The van der Waals surface area contributed by atoms with Gasteiger partial charge in [-0.15, -0.1) is 11.3 Å². The fourth-order valence-corrected chi connectivity index (χ4v) is 6.38. The van der Waals surface area contributed by atoms with Crippen LogP contribution >= 0.6 is 23.1 Å². The summed E-state index contributed by atoms with van der Waals surface area (Å²) in [6.07, 6.45) is 6.58. The van der Waals surface area contributed by atoms with E-state index in [1.165, 1.54) is 28.6 Å². The summed E-state index contributed by atoms with van der Waals surface area (Å²) in [6.45, 7) is 5.54. The third kappa shape index (κ3) is 3.09. The van der Waals surface area contributed by atoms with Crippen LogP contribution in [0.1, 0.15) is 50.0 Å². The second kappa shape index (κ2) is 7.35. The summed E-state index contributed by atoms with van der Waals surface area (Å²) in [5.74, 6) is 0.515. The highest BCUT2D eigenvalue weighted by Crippen LogP contribution is 2.35. The van der Waals surface area contributed by atoms with Crippen molar-refractivity contribution in [2.24, 2.45) is 0 Å². The lowest BCUT2D eigenvalue weighted by Gasteiger charge is -2.33. The Kier molecular flexibility index (Phi) is 5.10.